The van der Waals surface area contributed by atoms with Crippen molar-refractivity contribution in [2.75, 3.05) is 18.9 Å². The molecule has 29 heavy (non-hydrogen) atoms. The Morgan fingerprint density at radius 3 is 2.38 bits per heavy atom. The first-order valence-electron chi connectivity index (χ1n) is 8.78. The minimum absolute atomic E-state index is 0.107. The van der Waals surface area contributed by atoms with Gasteiger partial charge >= 0.3 is 0 Å². The molecular weight excluding hydrogens is 397 g/mol. The van der Waals surface area contributed by atoms with Gasteiger partial charge in [0.15, 0.2) is 11.5 Å². The Hall–Kier alpha value is -3.07. The van der Waals surface area contributed by atoms with Gasteiger partial charge in [0, 0.05) is 23.5 Å². The van der Waals surface area contributed by atoms with Gasteiger partial charge in [0.25, 0.3) is 10.0 Å². The van der Waals surface area contributed by atoms with Crippen molar-refractivity contribution in [3.8, 4) is 11.5 Å². The van der Waals surface area contributed by atoms with Crippen LogP contribution < -0.4 is 14.2 Å². The second-order valence-electron chi connectivity index (χ2n) is 6.53. The van der Waals surface area contributed by atoms with Gasteiger partial charge in [-0.2, -0.15) is 5.10 Å². The number of halogens is 1. The molecule has 0 atom stereocenters. The molecule has 0 aliphatic heterocycles. The molecule has 0 saturated carbocycles. The van der Waals surface area contributed by atoms with Crippen LogP contribution in [-0.2, 0) is 16.6 Å². The van der Waals surface area contributed by atoms with E-state index >= 15 is 0 Å². The second-order valence-corrected chi connectivity index (χ2v) is 8.18. The van der Waals surface area contributed by atoms with E-state index in [1.807, 2.05) is 30.7 Å². The largest absolute Gasteiger partial charge is 0.493 e. The van der Waals surface area contributed by atoms with Gasteiger partial charge in [0.05, 0.1) is 26.5 Å². The SMILES string of the molecule is COc1cc(F)c(S(=O)(=O)Nc2cccc(Cn3nc(C)cc3C)c2)cc1OC. The first kappa shape index (κ1) is 20.7. The highest BCUT2D eigenvalue weighted by molar-refractivity contribution is 7.92. The molecule has 1 aromatic heterocycles. The number of ether oxygens (including phenoxy) is 2. The highest BCUT2D eigenvalue weighted by Crippen LogP contribution is 2.32. The van der Waals surface area contributed by atoms with Crippen molar-refractivity contribution >= 4 is 15.7 Å². The summed E-state index contributed by atoms with van der Waals surface area (Å²) in [5.74, 6) is -0.711. The highest BCUT2D eigenvalue weighted by Gasteiger charge is 2.23. The van der Waals surface area contributed by atoms with Crippen LogP contribution in [0.4, 0.5) is 10.1 Å². The lowest BCUT2D eigenvalue weighted by atomic mass is 10.2. The van der Waals surface area contributed by atoms with Crippen LogP contribution in [0, 0.1) is 19.7 Å². The smallest absolute Gasteiger partial charge is 0.264 e. The van der Waals surface area contributed by atoms with E-state index in [0.717, 1.165) is 29.1 Å². The number of anilines is 1. The predicted octanol–water partition coefficient (Wildman–Crippen LogP) is 3.51. The number of rotatable bonds is 7. The van der Waals surface area contributed by atoms with Crippen LogP contribution >= 0.6 is 0 Å². The van der Waals surface area contributed by atoms with E-state index in [1.165, 1.54) is 14.2 Å². The fourth-order valence-electron chi connectivity index (χ4n) is 2.99. The van der Waals surface area contributed by atoms with Gasteiger partial charge in [-0.15, -0.1) is 0 Å². The minimum Gasteiger partial charge on any atom is -0.493 e. The van der Waals surface area contributed by atoms with Crippen LogP contribution in [0.3, 0.4) is 0 Å². The molecule has 2 aromatic carbocycles. The number of nitrogens with one attached hydrogen (secondary N) is 1. The molecule has 0 aliphatic carbocycles. The van der Waals surface area contributed by atoms with Crippen LogP contribution in [0.2, 0.25) is 0 Å². The number of hydrogen-bond donors (Lipinski definition) is 1. The Bertz CT molecular complexity index is 1140. The third kappa shape index (κ3) is 4.51. The fraction of sp³-hybridized carbons (Fsp3) is 0.250. The number of benzene rings is 2. The van der Waals surface area contributed by atoms with Crippen LogP contribution in [0.15, 0.2) is 47.4 Å². The van der Waals surface area contributed by atoms with Crippen molar-refractivity contribution in [3.63, 3.8) is 0 Å². The van der Waals surface area contributed by atoms with Crippen molar-refractivity contribution in [3.05, 3.63) is 65.2 Å². The first-order chi connectivity index (χ1) is 13.7. The first-order valence-corrected chi connectivity index (χ1v) is 10.3. The van der Waals surface area contributed by atoms with Crippen LogP contribution in [0.25, 0.3) is 0 Å². The molecule has 0 aliphatic rings. The Kier molecular flexibility index (Phi) is 5.78. The molecular formula is C20H22FN3O4S. The Morgan fingerprint density at radius 1 is 1.07 bits per heavy atom. The van der Waals surface area contributed by atoms with E-state index in [-0.39, 0.29) is 11.5 Å². The van der Waals surface area contributed by atoms with E-state index < -0.39 is 20.7 Å². The zero-order valence-corrected chi connectivity index (χ0v) is 17.4. The topological polar surface area (TPSA) is 82.5 Å². The second kappa shape index (κ2) is 8.12. The van der Waals surface area contributed by atoms with Gasteiger partial charge in [-0.3, -0.25) is 9.40 Å². The summed E-state index contributed by atoms with van der Waals surface area (Å²) in [6.45, 7) is 4.35. The molecule has 0 saturated heterocycles. The zero-order valence-electron chi connectivity index (χ0n) is 16.6. The maximum atomic E-state index is 14.4. The van der Waals surface area contributed by atoms with Crippen molar-refractivity contribution < 1.29 is 22.3 Å². The summed E-state index contributed by atoms with van der Waals surface area (Å²) in [7, 11) is -1.48. The third-order valence-corrected chi connectivity index (χ3v) is 5.74. The average Bonchev–Trinajstić information content (AvgIpc) is 2.98. The predicted molar refractivity (Wildman–Crippen MR) is 108 cm³/mol. The molecule has 0 bridgehead atoms. The quantitative estimate of drug-likeness (QED) is 0.634. The fourth-order valence-corrected chi connectivity index (χ4v) is 4.12. The van der Waals surface area contributed by atoms with Crippen molar-refractivity contribution in [1.82, 2.24) is 9.78 Å². The van der Waals surface area contributed by atoms with Crippen molar-refractivity contribution in [2.24, 2.45) is 0 Å². The number of aryl methyl sites for hydroxylation is 2. The molecule has 9 heteroatoms. The standard InChI is InChI=1S/C20H22FN3O4S/c1-13-8-14(2)24(22-13)12-15-6-5-7-16(9-15)23-29(25,26)20-11-19(28-4)18(27-3)10-17(20)21/h5-11,23H,12H2,1-4H3. The molecule has 1 N–H and O–H groups in total. The Balaban J connectivity index is 1.88. The van der Waals surface area contributed by atoms with E-state index in [1.54, 1.807) is 18.2 Å². The van der Waals surface area contributed by atoms with E-state index in [4.69, 9.17) is 9.47 Å². The number of sulfonamides is 1. The van der Waals surface area contributed by atoms with Gasteiger partial charge in [0.2, 0.25) is 0 Å². The minimum atomic E-state index is -4.18. The lowest BCUT2D eigenvalue weighted by Crippen LogP contribution is -2.15. The number of hydrogen-bond acceptors (Lipinski definition) is 5. The van der Waals surface area contributed by atoms with Gasteiger partial charge in [0.1, 0.15) is 10.7 Å². The Labute approximate surface area is 169 Å². The molecule has 0 fully saturated rings. The maximum absolute atomic E-state index is 14.4. The monoisotopic (exact) mass is 419 g/mol. The van der Waals surface area contributed by atoms with Crippen LogP contribution in [0.1, 0.15) is 17.0 Å². The molecule has 1 heterocycles. The number of nitrogens with zero attached hydrogens (tertiary/aromatic N) is 2. The summed E-state index contributed by atoms with van der Waals surface area (Å²) in [6.07, 6.45) is 0. The summed E-state index contributed by atoms with van der Waals surface area (Å²) in [5, 5.41) is 4.41. The number of aromatic nitrogens is 2. The summed E-state index contributed by atoms with van der Waals surface area (Å²) in [5.41, 5.74) is 3.08. The average molecular weight is 419 g/mol. The summed E-state index contributed by atoms with van der Waals surface area (Å²) >= 11 is 0. The lowest BCUT2D eigenvalue weighted by molar-refractivity contribution is 0.350. The van der Waals surface area contributed by atoms with Gasteiger partial charge < -0.3 is 9.47 Å². The van der Waals surface area contributed by atoms with E-state index in [0.29, 0.717) is 12.2 Å². The van der Waals surface area contributed by atoms with E-state index in [2.05, 4.69) is 9.82 Å². The summed E-state index contributed by atoms with van der Waals surface area (Å²) < 4.78 is 54.2. The maximum Gasteiger partial charge on any atom is 0.264 e. The van der Waals surface area contributed by atoms with E-state index in [9.17, 15) is 12.8 Å². The highest BCUT2D eigenvalue weighted by atomic mass is 32.2. The molecule has 154 valence electrons. The summed E-state index contributed by atoms with van der Waals surface area (Å²) in [4.78, 5) is -0.529. The number of methoxy groups -OCH3 is 2. The van der Waals surface area contributed by atoms with Crippen molar-refractivity contribution in [2.45, 2.75) is 25.3 Å². The molecule has 7 nitrogen and oxygen atoms in total. The zero-order chi connectivity index (χ0) is 21.2. The van der Waals surface area contributed by atoms with Gasteiger partial charge in [-0.1, -0.05) is 12.1 Å². The summed E-state index contributed by atoms with van der Waals surface area (Å²) in [6, 6.07) is 10.9. The molecule has 3 aromatic rings. The van der Waals surface area contributed by atoms with Crippen molar-refractivity contribution in [1.29, 1.82) is 0 Å². The van der Waals surface area contributed by atoms with Crippen LogP contribution in [-0.4, -0.2) is 32.4 Å². The molecule has 3 rings (SSSR count). The Morgan fingerprint density at radius 2 is 1.76 bits per heavy atom. The lowest BCUT2D eigenvalue weighted by Gasteiger charge is -2.13. The van der Waals surface area contributed by atoms with Crippen LogP contribution in [0.5, 0.6) is 11.5 Å². The molecule has 0 unspecified atom stereocenters. The molecule has 0 amide bonds. The molecule has 0 radical (unpaired) electrons. The third-order valence-electron chi connectivity index (χ3n) is 4.34. The normalized spacial score (nSPS) is 11.3. The van der Waals surface area contributed by atoms with Gasteiger partial charge in [-0.25, -0.2) is 12.8 Å². The van der Waals surface area contributed by atoms with Gasteiger partial charge in [-0.05, 0) is 37.6 Å². The molecule has 0 spiro atoms.